The number of rotatable bonds is 6. The topological polar surface area (TPSA) is 47.2 Å². The van der Waals surface area contributed by atoms with Gasteiger partial charge in [0.25, 0.3) is 0 Å². The van der Waals surface area contributed by atoms with Gasteiger partial charge in [-0.05, 0) is 43.0 Å². The Labute approximate surface area is 126 Å². The maximum absolute atomic E-state index is 11.8. The Bertz CT molecular complexity index is 654. The maximum Gasteiger partial charge on any atom is 0.419 e. The van der Waals surface area contributed by atoms with E-state index in [1.165, 1.54) is 5.56 Å². The second-order valence-electron chi connectivity index (χ2n) is 5.98. The van der Waals surface area contributed by atoms with Gasteiger partial charge in [-0.15, -0.1) is 0 Å². The van der Waals surface area contributed by atoms with E-state index in [4.69, 9.17) is 4.42 Å². The third-order valence-electron chi connectivity index (χ3n) is 4.37. The molecule has 0 aliphatic carbocycles. The van der Waals surface area contributed by atoms with E-state index >= 15 is 0 Å². The SMILES string of the molecule is CCNC(c1ccc2c(c1)oc(=O)n2CC)C(C)C(C)C. The van der Waals surface area contributed by atoms with Crippen molar-refractivity contribution in [3.05, 3.63) is 34.3 Å². The zero-order chi connectivity index (χ0) is 15.6. The van der Waals surface area contributed by atoms with E-state index in [1.54, 1.807) is 4.57 Å². The van der Waals surface area contributed by atoms with Crippen LogP contribution < -0.4 is 11.1 Å². The van der Waals surface area contributed by atoms with Crippen molar-refractivity contribution < 1.29 is 4.42 Å². The van der Waals surface area contributed by atoms with Crippen LogP contribution in [-0.2, 0) is 6.54 Å². The van der Waals surface area contributed by atoms with Crippen LogP contribution in [0.3, 0.4) is 0 Å². The standard InChI is InChI=1S/C17H26N2O2/c1-6-18-16(12(5)11(3)4)13-8-9-14-15(10-13)21-17(20)19(14)7-2/h8-12,16,18H,6-7H2,1-5H3. The molecule has 4 heteroatoms. The summed E-state index contributed by atoms with van der Waals surface area (Å²) in [5, 5.41) is 3.55. The average molecular weight is 290 g/mol. The minimum Gasteiger partial charge on any atom is -0.408 e. The molecule has 0 bridgehead atoms. The molecule has 4 nitrogen and oxygen atoms in total. The highest BCUT2D eigenvalue weighted by Crippen LogP contribution is 2.29. The van der Waals surface area contributed by atoms with Gasteiger partial charge in [-0.2, -0.15) is 0 Å². The summed E-state index contributed by atoms with van der Waals surface area (Å²) >= 11 is 0. The zero-order valence-electron chi connectivity index (χ0n) is 13.6. The van der Waals surface area contributed by atoms with E-state index in [1.807, 2.05) is 19.1 Å². The van der Waals surface area contributed by atoms with E-state index in [9.17, 15) is 4.79 Å². The summed E-state index contributed by atoms with van der Waals surface area (Å²) in [7, 11) is 0. The Kier molecular flexibility index (Phi) is 4.88. The largest absolute Gasteiger partial charge is 0.419 e. The van der Waals surface area contributed by atoms with Gasteiger partial charge >= 0.3 is 5.76 Å². The first kappa shape index (κ1) is 15.8. The van der Waals surface area contributed by atoms with Crippen molar-refractivity contribution in [1.29, 1.82) is 0 Å². The van der Waals surface area contributed by atoms with Gasteiger partial charge in [-0.25, -0.2) is 4.79 Å². The molecule has 0 saturated carbocycles. The van der Waals surface area contributed by atoms with E-state index in [2.05, 4.69) is 39.1 Å². The zero-order valence-corrected chi connectivity index (χ0v) is 13.6. The summed E-state index contributed by atoms with van der Waals surface area (Å²) in [5.74, 6) is 0.806. The molecule has 1 aromatic carbocycles. The molecule has 2 unspecified atom stereocenters. The van der Waals surface area contributed by atoms with Crippen LogP contribution >= 0.6 is 0 Å². The molecule has 0 radical (unpaired) electrons. The molecule has 0 saturated heterocycles. The molecule has 116 valence electrons. The Balaban J connectivity index is 2.47. The number of aromatic nitrogens is 1. The summed E-state index contributed by atoms with van der Waals surface area (Å²) in [5.41, 5.74) is 2.74. The number of hydrogen-bond acceptors (Lipinski definition) is 3. The first-order valence-corrected chi connectivity index (χ1v) is 7.86. The van der Waals surface area contributed by atoms with Gasteiger partial charge in [0, 0.05) is 12.6 Å². The quantitative estimate of drug-likeness (QED) is 0.885. The van der Waals surface area contributed by atoms with E-state index < -0.39 is 0 Å². The highest BCUT2D eigenvalue weighted by atomic mass is 16.4. The molecule has 0 fully saturated rings. The molecule has 1 heterocycles. The minimum atomic E-state index is -0.276. The fourth-order valence-electron chi connectivity index (χ4n) is 2.79. The number of nitrogens with one attached hydrogen (secondary N) is 1. The van der Waals surface area contributed by atoms with Crippen LogP contribution in [0.25, 0.3) is 11.1 Å². The summed E-state index contributed by atoms with van der Waals surface area (Å²) in [4.78, 5) is 11.8. The average Bonchev–Trinajstić information content (AvgIpc) is 2.77. The van der Waals surface area contributed by atoms with Crippen molar-refractivity contribution >= 4 is 11.1 Å². The maximum atomic E-state index is 11.8. The number of fused-ring (bicyclic) bond motifs is 1. The summed E-state index contributed by atoms with van der Waals surface area (Å²) in [6, 6.07) is 6.39. The third kappa shape index (κ3) is 3.05. The van der Waals surface area contributed by atoms with Gasteiger partial charge < -0.3 is 9.73 Å². The molecule has 1 aromatic heterocycles. The lowest BCUT2D eigenvalue weighted by Crippen LogP contribution is -2.29. The number of aryl methyl sites for hydroxylation is 1. The highest BCUT2D eigenvalue weighted by molar-refractivity contribution is 5.74. The molecule has 2 aromatic rings. The smallest absolute Gasteiger partial charge is 0.408 e. The summed E-state index contributed by atoms with van der Waals surface area (Å²) in [6.07, 6.45) is 0. The monoisotopic (exact) mass is 290 g/mol. The summed E-state index contributed by atoms with van der Waals surface area (Å²) in [6.45, 7) is 12.3. The Morgan fingerprint density at radius 1 is 1.24 bits per heavy atom. The Morgan fingerprint density at radius 3 is 2.52 bits per heavy atom. The van der Waals surface area contributed by atoms with Crippen LogP contribution in [0.1, 0.15) is 46.2 Å². The predicted octanol–water partition coefficient (Wildman–Crippen LogP) is 3.56. The van der Waals surface area contributed by atoms with Crippen LogP contribution in [-0.4, -0.2) is 11.1 Å². The van der Waals surface area contributed by atoms with Crippen molar-refractivity contribution in [2.75, 3.05) is 6.54 Å². The Morgan fingerprint density at radius 2 is 1.95 bits per heavy atom. The predicted molar refractivity (Wildman–Crippen MR) is 86.6 cm³/mol. The van der Waals surface area contributed by atoms with Crippen molar-refractivity contribution in [3.63, 3.8) is 0 Å². The van der Waals surface area contributed by atoms with Crippen molar-refractivity contribution in [2.45, 2.75) is 47.2 Å². The summed E-state index contributed by atoms with van der Waals surface area (Å²) < 4.78 is 7.04. The molecule has 2 atom stereocenters. The fraction of sp³-hybridized carbons (Fsp3) is 0.588. The fourth-order valence-corrected chi connectivity index (χ4v) is 2.79. The van der Waals surface area contributed by atoms with Gasteiger partial charge in [-0.1, -0.05) is 33.8 Å². The van der Waals surface area contributed by atoms with E-state index in [-0.39, 0.29) is 11.8 Å². The number of nitrogens with zero attached hydrogens (tertiary/aromatic N) is 1. The van der Waals surface area contributed by atoms with Crippen molar-refractivity contribution in [2.24, 2.45) is 11.8 Å². The lowest BCUT2D eigenvalue weighted by Gasteiger charge is -2.28. The first-order valence-electron chi connectivity index (χ1n) is 7.86. The Hall–Kier alpha value is -1.55. The molecule has 2 rings (SSSR count). The molecule has 0 aliphatic rings. The lowest BCUT2D eigenvalue weighted by atomic mass is 9.86. The van der Waals surface area contributed by atoms with Crippen LogP contribution in [0.5, 0.6) is 0 Å². The van der Waals surface area contributed by atoms with Crippen LogP contribution in [0, 0.1) is 11.8 Å². The van der Waals surface area contributed by atoms with Gasteiger partial charge in [-0.3, -0.25) is 4.57 Å². The molecular weight excluding hydrogens is 264 g/mol. The number of hydrogen-bond donors (Lipinski definition) is 1. The van der Waals surface area contributed by atoms with Gasteiger partial charge in [0.1, 0.15) is 0 Å². The van der Waals surface area contributed by atoms with Crippen molar-refractivity contribution in [1.82, 2.24) is 9.88 Å². The lowest BCUT2D eigenvalue weighted by molar-refractivity contribution is 0.307. The van der Waals surface area contributed by atoms with Crippen LogP contribution in [0.4, 0.5) is 0 Å². The van der Waals surface area contributed by atoms with Crippen LogP contribution in [0.15, 0.2) is 27.4 Å². The van der Waals surface area contributed by atoms with E-state index in [0.29, 0.717) is 24.0 Å². The van der Waals surface area contributed by atoms with Crippen molar-refractivity contribution in [3.8, 4) is 0 Å². The van der Waals surface area contributed by atoms with E-state index in [0.717, 1.165) is 12.1 Å². The van der Waals surface area contributed by atoms with Gasteiger partial charge in [0.05, 0.1) is 5.52 Å². The molecule has 0 amide bonds. The molecule has 21 heavy (non-hydrogen) atoms. The van der Waals surface area contributed by atoms with Gasteiger partial charge in [0.2, 0.25) is 0 Å². The second kappa shape index (κ2) is 6.48. The first-order chi connectivity index (χ1) is 9.99. The number of oxazole rings is 1. The highest BCUT2D eigenvalue weighted by Gasteiger charge is 2.22. The molecule has 0 aliphatic heterocycles. The van der Waals surface area contributed by atoms with Crippen LogP contribution in [0.2, 0.25) is 0 Å². The molecule has 0 spiro atoms. The molecule has 1 N–H and O–H groups in total. The van der Waals surface area contributed by atoms with Gasteiger partial charge in [0.15, 0.2) is 5.58 Å². The second-order valence-corrected chi connectivity index (χ2v) is 5.98. The number of benzene rings is 1. The minimum absolute atomic E-state index is 0.273. The third-order valence-corrected chi connectivity index (χ3v) is 4.37. The molecular formula is C17H26N2O2. The normalized spacial score (nSPS) is 14.8.